The highest BCUT2D eigenvalue weighted by Gasteiger charge is 2.14. The highest BCUT2D eigenvalue weighted by molar-refractivity contribution is 6.33. The molecule has 3 N–H and O–H groups in total. The molecule has 0 atom stereocenters. The lowest BCUT2D eigenvalue weighted by Crippen LogP contribution is -2.43. The molecular weight excluding hydrogens is 210 g/mol. The van der Waals surface area contributed by atoms with Crippen LogP contribution < -0.4 is 16.0 Å². The van der Waals surface area contributed by atoms with Crippen molar-refractivity contribution in [1.82, 2.24) is 5.32 Å². The molecule has 0 saturated carbocycles. The molecule has 1 saturated heterocycles. The fourth-order valence-corrected chi connectivity index (χ4v) is 2.16. The van der Waals surface area contributed by atoms with Crippen molar-refractivity contribution in [3.05, 3.63) is 22.7 Å². The van der Waals surface area contributed by atoms with E-state index in [-0.39, 0.29) is 0 Å². The minimum Gasteiger partial charge on any atom is -0.398 e. The molecule has 0 aliphatic carbocycles. The molecule has 1 fully saturated rings. The predicted octanol–water partition coefficient (Wildman–Crippen LogP) is 1.64. The molecule has 2 rings (SSSR count). The van der Waals surface area contributed by atoms with Gasteiger partial charge in [-0.2, -0.15) is 0 Å². The zero-order valence-corrected chi connectivity index (χ0v) is 9.64. The maximum atomic E-state index is 6.22. The van der Waals surface area contributed by atoms with Crippen LogP contribution in [0.3, 0.4) is 0 Å². The summed E-state index contributed by atoms with van der Waals surface area (Å²) in [6, 6.07) is 3.91. The summed E-state index contributed by atoms with van der Waals surface area (Å²) in [6.45, 7) is 5.96. The standard InChI is InChI=1S/C11H16ClN3/c1-8-6-9(12)11(7-10(8)13)15-4-2-14-3-5-15/h6-7,14H,2-5,13H2,1H3. The lowest BCUT2D eigenvalue weighted by atomic mass is 10.1. The number of benzene rings is 1. The SMILES string of the molecule is Cc1cc(Cl)c(N2CCNCC2)cc1N. The molecule has 1 aromatic rings. The van der Waals surface area contributed by atoms with Crippen LogP contribution in [0.5, 0.6) is 0 Å². The van der Waals surface area contributed by atoms with Crippen molar-refractivity contribution in [3.63, 3.8) is 0 Å². The van der Waals surface area contributed by atoms with Crippen LogP contribution in [0.25, 0.3) is 0 Å². The van der Waals surface area contributed by atoms with Crippen molar-refractivity contribution in [2.24, 2.45) is 0 Å². The van der Waals surface area contributed by atoms with Crippen molar-refractivity contribution in [3.8, 4) is 0 Å². The Kier molecular flexibility index (Phi) is 3.03. The van der Waals surface area contributed by atoms with Crippen molar-refractivity contribution in [2.75, 3.05) is 36.8 Å². The summed E-state index contributed by atoms with van der Waals surface area (Å²) in [6.07, 6.45) is 0. The average molecular weight is 226 g/mol. The highest BCUT2D eigenvalue weighted by atomic mass is 35.5. The first-order valence-electron chi connectivity index (χ1n) is 5.20. The van der Waals surface area contributed by atoms with Crippen molar-refractivity contribution < 1.29 is 0 Å². The Bertz CT molecular complexity index is 359. The van der Waals surface area contributed by atoms with Crippen LogP contribution in [0, 0.1) is 6.92 Å². The number of nitrogens with two attached hydrogens (primary N) is 1. The number of hydrogen-bond acceptors (Lipinski definition) is 3. The van der Waals surface area contributed by atoms with Crippen LogP contribution in [0.15, 0.2) is 12.1 Å². The molecule has 0 amide bonds. The topological polar surface area (TPSA) is 41.3 Å². The summed E-state index contributed by atoms with van der Waals surface area (Å²) in [5.41, 5.74) is 8.81. The van der Waals surface area contributed by atoms with Gasteiger partial charge in [0.25, 0.3) is 0 Å². The third kappa shape index (κ3) is 2.19. The fraction of sp³-hybridized carbons (Fsp3) is 0.455. The van der Waals surface area contributed by atoms with Crippen LogP contribution >= 0.6 is 11.6 Å². The summed E-state index contributed by atoms with van der Waals surface area (Å²) >= 11 is 6.22. The molecule has 4 heteroatoms. The highest BCUT2D eigenvalue weighted by Crippen LogP contribution is 2.30. The van der Waals surface area contributed by atoms with Gasteiger partial charge in [0.15, 0.2) is 0 Å². The largest absolute Gasteiger partial charge is 0.398 e. The minimum absolute atomic E-state index is 0.795. The molecular formula is C11H16ClN3. The number of nitrogen functional groups attached to an aromatic ring is 1. The first kappa shape index (κ1) is 10.6. The Balaban J connectivity index is 2.30. The van der Waals surface area contributed by atoms with Gasteiger partial charge in [-0.15, -0.1) is 0 Å². The van der Waals surface area contributed by atoms with Gasteiger partial charge in [-0.05, 0) is 24.6 Å². The summed E-state index contributed by atoms with van der Waals surface area (Å²) in [4.78, 5) is 2.27. The van der Waals surface area contributed by atoms with E-state index in [1.807, 2.05) is 19.1 Å². The molecule has 1 aromatic carbocycles. The Hall–Kier alpha value is -0.930. The number of rotatable bonds is 1. The molecule has 0 bridgehead atoms. The van der Waals surface area contributed by atoms with E-state index in [4.69, 9.17) is 17.3 Å². The molecule has 0 unspecified atom stereocenters. The lowest BCUT2D eigenvalue weighted by Gasteiger charge is -2.30. The maximum Gasteiger partial charge on any atom is 0.0643 e. The van der Waals surface area contributed by atoms with Gasteiger partial charge in [-0.3, -0.25) is 0 Å². The van der Waals surface area contributed by atoms with Crippen LogP contribution in [0.4, 0.5) is 11.4 Å². The Morgan fingerprint density at radius 1 is 1.33 bits per heavy atom. The second-order valence-electron chi connectivity index (χ2n) is 3.90. The van der Waals surface area contributed by atoms with Gasteiger partial charge < -0.3 is 16.0 Å². The van der Waals surface area contributed by atoms with Gasteiger partial charge in [0, 0.05) is 31.9 Å². The van der Waals surface area contributed by atoms with Gasteiger partial charge in [-0.1, -0.05) is 11.6 Å². The molecule has 3 nitrogen and oxygen atoms in total. The molecule has 82 valence electrons. The Morgan fingerprint density at radius 3 is 2.67 bits per heavy atom. The van der Waals surface area contributed by atoms with E-state index in [0.29, 0.717) is 0 Å². The smallest absolute Gasteiger partial charge is 0.0643 e. The third-order valence-corrected chi connectivity index (χ3v) is 3.10. The number of nitrogens with one attached hydrogen (secondary N) is 1. The van der Waals surface area contributed by atoms with E-state index >= 15 is 0 Å². The van der Waals surface area contributed by atoms with Gasteiger partial charge in [0.1, 0.15) is 0 Å². The predicted molar refractivity (Wildman–Crippen MR) is 65.7 cm³/mol. The maximum absolute atomic E-state index is 6.22. The summed E-state index contributed by atoms with van der Waals surface area (Å²) in [5, 5.41) is 4.11. The monoisotopic (exact) mass is 225 g/mol. The molecule has 0 radical (unpaired) electrons. The molecule has 0 spiro atoms. The molecule has 1 aliphatic rings. The quantitative estimate of drug-likeness (QED) is 0.714. The average Bonchev–Trinajstić information content (AvgIpc) is 2.25. The van der Waals surface area contributed by atoms with Crippen molar-refractivity contribution in [1.29, 1.82) is 0 Å². The number of hydrogen-bond donors (Lipinski definition) is 2. The second kappa shape index (κ2) is 4.29. The van der Waals surface area contributed by atoms with Gasteiger partial charge in [-0.25, -0.2) is 0 Å². The van der Waals surface area contributed by atoms with E-state index < -0.39 is 0 Å². The molecule has 0 aromatic heterocycles. The normalized spacial score (nSPS) is 16.8. The number of nitrogens with zero attached hydrogens (tertiary/aromatic N) is 1. The molecule has 15 heavy (non-hydrogen) atoms. The number of piperazine rings is 1. The molecule has 1 heterocycles. The Labute approximate surface area is 95.2 Å². The summed E-state index contributed by atoms with van der Waals surface area (Å²) in [5.74, 6) is 0. The van der Waals surface area contributed by atoms with Gasteiger partial charge >= 0.3 is 0 Å². The minimum atomic E-state index is 0.795. The van der Waals surface area contributed by atoms with Gasteiger partial charge in [0.05, 0.1) is 10.7 Å². The Morgan fingerprint density at radius 2 is 2.00 bits per heavy atom. The summed E-state index contributed by atoms with van der Waals surface area (Å²) in [7, 11) is 0. The third-order valence-electron chi connectivity index (χ3n) is 2.79. The first-order valence-corrected chi connectivity index (χ1v) is 5.57. The molecule has 1 aliphatic heterocycles. The number of halogens is 1. The van der Waals surface area contributed by atoms with Gasteiger partial charge in [0.2, 0.25) is 0 Å². The van der Waals surface area contributed by atoms with Crippen LogP contribution in [0.2, 0.25) is 5.02 Å². The van der Waals surface area contributed by atoms with E-state index in [1.54, 1.807) is 0 Å². The zero-order chi connectivity index (χ0) is 10.8. The number of anilines is 2. The van der Waals surface area contributed by atoms with Crippen molar-refractivity contribution >= 4 is 23.0 Å². The van der Waals surface area contributed by atoms with Crippen LogP contribution in [-0.4, -0.2) is 26.2 Å². The van der Waals surface area contributed by atoms with Crippen molar-refractivity contribution in [2.45, 2.75) is 6.92 Å². The van der Waals surface area contributed by atoms with E-state index in [9.17, 15) is 0 Å². The van der Waals surface area contributed by atoms with E-state index in [2.05, 4.69) is 10.2 Å². The lowest BCUT2D eigenvalue weighted by molar-refractivity contribution is 0.589. The number of aryl methyl sites for hydroxylation is 1. The van der Waals surface area contributed by atoms with Crippen LogP contribution in [0.1, 0.15) is 5.56 Å². The fourth-order valence-electron chi connectivity index (χ4n) is 1.83. The van der Waals surface area contributed by atoms with E-state index in [0.717, 1.165) is 48.1 Å². The second-order valence-corrected chi connectivity index (χ2v) is 4.30. The zero-order valence-electron chi connectivity index (χ0n) is 8.89. The first-order chi connectivity index (χ1) is 7.18. The van der Waals surface area contributed by atoms with E-state index in [1.165, 1.54) is 0 Å². The van der Waals surface area contributed by atoms with Crippen LogP contribution in [-0.2, 0) is 0 Å². The summed E-state index contributed by atoms with van der Waals surface area (Å²) < 4.78 is 0.